The van der Waals surface area contributed by atoms with Crippen LogP contribution in [0.15, 0.2) is 36.0 Å². The van der Waals surface area contributed by atoms with Crippen molar-refractivity contribution in [2.24, 2.45) is 11.3 Å². The molecule has 0 N–H and O–H groups in total. The van der Waals surface area contributed by atoms with Gasteiger partial charge in [-0.15, -0.1) is 0 Å². The molecule has 4 heteroatoms. The van der Waals surface area contributed by atoms with Crippen molar-refractivity contribution < 1.29 is 19.1 Å². The van der Waals surface area contributed by atoms with Gasteiger partial charge in [0, 0.05) is 16.6 Å². The third-order valence-corrected chi connectivity index (χ3v) is 4.30. The quantitative estimate of drug-likeness (QED) is 0.429. The smallest absolute Gasteiger partial charge is 0.333 e. The van der Waals surface area contributed by atoms with Gasteiger partial charge >= 0.3 is 11.9 Å². The lowest BCUT2D eigenvalue weighted by Crippen LogP contribution is -2.29. The molecular formula is C17H22O4. The van der Waals surface area contributed by atoms with Gasteiger partial charge in [-0.1, -0.05) is 19.2 Å². The summed E-state index contributed by atoms with van der Waals surface area (Å²) in [6, 6.07) is 0. The Labute approximate surface area is 125 Å². The zero-order chi connectivity index (χ0) is 15.6. The average Bonchev–Trinajstić information content (AvgIpc) is 2.99. The SMILES string of the molecule is C=C(C)C(=O)OCC1=CC2CCC1(COC(=O)C(=C)C)C2. The van der Waals surface area contributed by atoms with E-state index in [-0.39, 0.29) is 24.0 Å². The fraction of sp³-hybridized carbons (Fsp3) is 0.529. The minimum absolute atomic E-state index is 0.162. The van der Waals surface area contributed by atoms with Gasteiger partial charge in [0.1, 0.15) is 13.2 Å². The monoisotopic (exact) mass is 290 g/mol. The first kappa shape index (κ1) is 15.5. The third-order valence-electron chi connectivity index (χ3n) is 4.30. The highest BCUT2D eigenvalue weighted by Gasteiger charge is 2.47. The zero-order valence-electron chi connectivity index (χ0n) is 12.7. The molecule has 0 radical (unpaired) electrons. The van der Waals surface area contributed by atoms with E-state index in [0.717, 1.165) is 24.8 Å². The molecular weight excluding hydrogens is 268 g/mol. The molecule has 2 aliphatic carbocycles. The van der Waals surface area contributed by atoms with Crippen LogP contribution in [0.25, 0.3) is 0 Å². The predicted octanol–water partition coefficient (Wildman–Crippen LogP) is 2.95. The van der Waals surface area contributed by atoms with Crippen molar-refractivity contribution >= 4 is 11.9 Å². The van der Waals surface area contributed by atoms with Crippen molar-refractivity contribution in [2.45, 2.75) is 33.1 Å². The number of hydrogen-bond donors (Lipinski definition) is 0. The van der Waals surface area contributed by atoms with Crippen molar-refractivity contribution in [2.75, 3.05) is 13.2 Å². The Kier molecular flexibility index (Phi) is 4.35. The minimum atomic E-state index is -0.382. The van der Waals surface area contributed by atoms with Crippen LogP contribution in [0.2, 0.25) is 0 Å². The van der Waals surface area contributed by atoms with Gasteiger partial charge < -0.3 is 9.47 Å². The van der Waals surface area contributed by atoms with E-state index >= 15 is 0 Å². The topological polar surface area (TPSA) is 52.6 Å². The summed E-state index contributed by atoms with van der Waals surface area (Å²) in [5.41, 5.74) is 1.70. The number of fused-ring (bicyclic) bond motifs is 2. The van der Waals surface area contributed by atoms with E-state index in [0.29, 0.717) is 23.7 Å². The maximum absolute atomic E-state index is 11.6. The molecule has 0 amide bonds. The molecule has 0 aromatic rings. The van der Waals surface area contributed by atoms with Crippen molar-refractivity contribution in [3.05, 3.63) is 36.0 Å². The van der Waals surface area contributed by atoms with Gasteiger partial charge in [-0.25, -0.2) is 9.59 Å². The zero-order valence-corrected chi connectivity index (χ0v) is 12.7. The molecule has 0 spiro atoms. The molecule has 2 unspecified atom stereocenters. The van der Waals surface area contributed by atoms with Gasteiger partial charge in [0.05, 0.1) is 0 Å². The molecule has 0 aromatic heterocycles. The van der Waals surface area contributed by atoms with Crippen LogP contribution in [-0.2, 0) is 19.1 Å². The number of allylic oxidation sites excluding steroid dienone is 1. The Hall–Kier alpha value is -1.84. The molecule has 0 saturated heterocycles. The lowest BCUT2D eigenvalue weighted by Gasteiger charge is -2.29. The summed E-state index contributed by atoms with van der Waals surface area (Å²) in [5, 5.41) is 0. The molecule has 114 valence electrons. The molecule has 2 rings (SSSR count). The number of esters is 2. The second-order valence-corrected chi connectivity index (χ2v) is 6.19. The first-order valence-electron chi connectivity index (χ1n) is 7.20. The molecule has 0 aliphatic heterocycles. The molecule has 1 fully saturated rings. The lowest BCUT2D eigenvalue weighted by atomic mass is 9.81. The summed E-state index contributed by atoms with van der Waals surface area (Å²) >= 11 is 0. The van der Waals surface area contributed by atoms with Crippen LogP contribution >= 0.6 is 0 Å². The lowest BCUT2D eigenvalue weighted by molar-refractivity contribution is -0.143. The predicted molar refractivity (Wildman–Crippen MR) is 79.4 cm³/mol. The van der Waals surface area contributed by atoms with Crippen LogP contribution in [0, 0.1) is 11.3 Å². The average molecular weight is 290 g/mol. The number of ether oxygens (including phenoxy) is 2. The number of rotatable bonds is 6. The van der Waals surface area contributed by atoms with Gasteiger partial charge in [0.2, 0.25) is 0 Å². The van der Waals surface area contributed by atoms with E-state index in [4.69, 9.17) is 9.47 Å². The summed E-state index contributed by atoms with van der Waals surface area (Å²) in [5.74, 6) is -0.238. The van der Waals surface area contributed by atoms with Gasteiger partial charge in [0.25, 0.3) is 0 Å². The van der Waals surface area contributed by atoms with Crippen molar-refractivity contribution in [1.82, 2.24) is 0 Å². The van der Waals surface area contributed by atoms with Gasteiger partial charge in [-0.05, 0) is 44.6 Å². The highest BCUT2D eigenvalue weighted by atomic mass is 16.5. The number of carbonyl (C=O) groups is 2. The van der Waals surface area contributed by atoms with Crippen LogP contribution in [0.3, 0.4) is 0 Å². The molecule has 2 atom stereocenters. The number of carbonyl (C=O) groups excluding carboxylic acids is 2. The fourth-order valence-corrected chi connectivity index (χ4v) is 3.08. The van der Waals surface area contributed by atoms with E-state index in [1.54, 1.807) is 13.8 Å². The van der Waals surface area contributed by atoms with Crippen molar-refractivity contribution in [3.8, 4) is 0 Å². The summed E-state index contributed by atoms with van der Waals surface area (Å²) in [6.07, 6.45) is 5.21. The summed E-state index contributed by atoms with van der Waals surface area (Å²) in [7, 11) is 0. The summed E-state index contributed by atoms with van der Waals surface area (Å²) in [6.45, 7) is 11.0. The Morgan fingerprint density at radius 1 is 1.24 bits per heavy atom. The number of hydrogen-bond acceptors (Lipinski definition) is 4. The van der Waals surface area contributed by atoms with E-state index < -0.39 is 0 Å². The molecule has 0 aromatic carbocycles. The van der Waals surface area contributed by atoms with Crippen LogP contribution < -0.4 is 0 Å². The molecule has 0 heterocycles. The van der Waals surface area contributed by atoms with Crippen LogP contribution in [0.4, 0.5) is 0 Å². The van der Waals surface area contributed by atoms with Crippen molar-refractivity contribution in [1.29, 1.82) is 0 Å². The fourth-order valence-electron chi connectivity index (χ4n) is 3.08. The van der Waals surface area contributed by atoms with Crippen LogP contribution in [-0.4, -0.2) is 25.2 Å². The first-order valence-corrected chi connectivity index (χ1v) is 7.20. The maximum Gasteiger partial charge on any atom is 0.333 e. The van der Waals surface area contributed by atoms with E-state index in [1.807, 2.05) is 0 Å². The van der Waals surface area contributed by atoms with Gasteiger partial charge in [-0.2, -0.15) is 0 Å². The third kappa shape index (κ3) is 3.26. The second kappa shape index (κ2) is 5.88. The maximum atomic E-state index is 11.6. The minimum Gasteiger partial charge on any atom is -0.461 e. The van der Waals surface area contributed by atoms with Gasteiger partial charge in [0.15, 0.2) is 0 Å². The van der Waals surface area contributed by atoms with E-state index in [2.05, 4.69) is 19.2 Å². The van der Waals surface area contributed by atoms with Gasteiger partial charge in [-0.3, -0.25) is 0 Å². The van der Waals surface area contributed by atoms with Crippen molar-refractivity contribution in [3.63, 3.8) is 0 Å². The Morgan fingerprint density at radius 3 is 2.43 bits per heavy atom. The molecule has 21 heavy (non-hydrogen) atoms. The second-order valence-electron chi connectivity index (χ2n) is 6.19. The molecule has 2 bridgehead atoms. The highest BCUT2D eigenvalue weighted by molar-refractivity contribution is 5.87. The normalized spacial score (nSPS) is 26.2. The molecule has 2 aliphatic rings. The van der Waals surface area contributed by atoms with Crippen LogP contribution in [0.1, 0.15) is 33.1 Å². The standard InChI is InChI=1S/C17H22O4/c1-11(2)15(18)20-9-14-7-13-5-6-17(14,8-13)10-21-16(19)12(3)4/h7,13H,1,3,5-6,8-10H2,2,4H3. The van der Waals surface area contributed by atoms with E-state index in [9.17, 15) is 9.59 Å². The summed E-state index contributed by atoms with van der Waals surface area (Å²) in [4.78, 5) is 23.1. The van der Waals surface area contributed by atoms with Crippen LogP contribution in [0.5, 0.6) is 0 Å². The Balaban J connectivity index is 1.99. The van der Waals surface area contributed by atoms with E-state index in [1.165, 1.54) is 0 Å². The largest absolute Gasteiger partial charge is 0.461 e. The molecule has 1 saturated carbocycles. The Morgan fingerprint density at radius 2 is 1.86 bits per heavy atom. The summed E-state index contributed by atoms with van der Waals surface area (Å²) < 4.78 is 10.6. The first-order chi connectivity index (χ1) is 9.84. The molecule has 4 nitrogen and oxygen atoms in total. The Bertz CT molecular complexity index is 529. The highest BCUT2D eigenvalue weighted by Crippen LogP contribution is 2.54.